The zero-order chi connectivity index (χ0) is 20.9. The van der Waals surface area contributed by atoms with Crippen LogP contribution in [0.5, 0.6) is 11.5 Å². The number of fused-ring (bicyclic) bond motifs is 2. The monoisotopic (exact) mass is 398 g/mol. The number of carbonyl (C=O) groups is 2. The van der Waals surface area contributed by atoms with Gasteiger partial charge >= 0.3 is 11.9 Å². The lowest BCUT2D eigenvalue weighted by Gasteiger charge is -2.15. The summed E-state index contributed by atoms with van der Waals surface area (Å²) in [6, 6.07) is 26.6. The van der Waals surface area contributed by atoms with Gasteiger partial charge in [-0.05, 0) is 29.3 Å². The third-order valence-corrected chi connectivity index (χ3v) is 5.17. The highest BCUT2D eigenvalue weighted by molar-refractivity contribution is 5.92. The molecule has 0 aliphatic carbocycles. The van der Waals surface area contributed by atoms with Crippen LogP contribution in [0.15, 0.2) is 84.9 Å². The Labute approximate surface area is 175 Å². The first-order valence-electron chi connectivity index (χ1n) is 10.0. The summed E-state index contributed by atoms with van der Waals surface area (Å²) in [5, 5.41) is 3.71. The lowest BCUT2D eigenvalue weighted by molar-refractivity contribution is -0.145. The van der Waals surface area contributed by atoms with Crippen LogP contribution in [0.25, 0.3) is 21.5 Å². The van der Waals surface area contributed by atoms with Crippen molar-refractivity contribution < 1.29 is 19.1 Å². The molecule has 0 bridgehead atoms. The Balaban J connectivity index is 1.47. The number of ether oxygens (including phenoxy) is 2. The Bertz CT molecular complexity index is 1200. The van der Waals surface area contributed by atoms with E-state index < -0.39 is 17.9 Å². The second-order valence-corrected chi connectivity index (χ2v) is 7.16. The molecule has 0 radical (unpaired) electrons. The van der Waals surface area contributed by atoms with E-state index in [0.29, 0.717) is 17.9 Å². The van der Waals surface area contributed by atoms with Crippen molar-refractivity contribution in [1.29, 1.82) is 0 Å². The molecule has 0 aromatic heterocycles. The summed E-state index contributed by atoms with van der Waals surface area (Å²) < 4.78 is 11.2. The van der Waals surface area contributed by atoms with Crippen LogP contribution in [-0.4, -0.2) is 11.9 Å². The van der Waals surface area contributed by atoms with E-state index in [-0.39, 0.29) is 6.42 Å². The highest BCUT2D eigenvalue weighted by atomic mass is 16.5. The fourth-order valence-electron chi connectivity index (χ4n) is 3.52. The van der Waals surface area contributed by atoms with Crippen LogP contribution >= 0.6 is 0 Å². The predicted molar refractivity (Wildman–Crippen MR) is 118 cm³/mol. The summed E-state index contributed by atoms with van der Waals surface area (Å²) in [7, 11) is 0. The van der Waals surface area contributed by atoms with Gasteiger partial charge in [-0.25, -0.2) is 0 Å². The van der Waals surface area contributed by atoms with Gasteiger partial charge in [0.2, 0.25) is 0 Å². The molecule has 1 atom stereocenters. The van der Waals surface area contributed by atoms with Crippen LogP contribution < -0.4 is 9.47 Å². The molecule has 4 aromatic rings. The molecule has 4 heteroatoms. The first-order chi connectivity index (χ1) is 14.7. The SMILES string of the molecule is CCC(CC(=O)Oc1cccc2ccccc12)C(=O)Oc1cccc2ccccc12. The number of benzene rings is 4. The van der Waals surface area contributed by atoms with Gasteiger partial charge in [0.25, 0.3) is 0 Å². The van der Waals surface area contributed by atoms with E-state index in [1.807, 2.05) is 79.7 Å². The number of rotatable bonds is 6. The van der Waals surface area contributed by atoms with Gasteiger partial charge in [0.15, 0.2) is 0 Å². The van der Waals surface area contributed by atoms with Crippen LogP contribution in [0, 0.1) is 5.92 Å². The van der Waals surface area contributed by atoms with Crippen LogP contribution in [0.4, 0.5) is 0 Å². The van der Waals surface area contributed by atoms with E-state index in [1.165, 1.54) is 0 Å². The Morgan fingerprint density at radius 3 is 1.77 bits per heavy atom. The quantitative estimate of drug-likeness (QED) is 0.299. The van der Waals surface area contributed by atoms with Gasteiger partial charge in [-0.1, -0.05) is 79.7 Å². The van der Waals surface area contributed by atoms with Crippen molar-refractivity contribution >= 4 is 33.5 Å². The van der Waals surface area contributed by atoms with Crippen LogP contribution in [0.3, 0.4) is 0 Å². The first-order valence-corrected chi connectivity index (χ1v) is 10.0. The van der Waals surface area contributed by atoms with Crippen LogP contribution in [0.2, 0.25) is 0 Å². The number of hydrogen-bond donors (Lipinski definition) is 0. The van der Waals surface area contributed by atoms with Crippen molar-refractivity contribution in [3.63, 3.8) is 0 Å². The molecule has 4 aromatic carbocycles. The zero-order valence-corrected chi connectivity index (χ0v) is 16.7. The van der Waals surface area contributed by atoms with Gasteiger partial charge in [-0.2, -0.15) is 0 Å². The summed E-state index contributed by atoms with van der Waals surface area (Å²) in [6.07, 6.45) is 0.442. The largest absolute Gasteiger partial charge is 0.426 e. The molecule has 0 heterocycles. The van der Waals surface area contributed by atoms with Gasteiger partial charge in [0.05, 0.1) is 12.3 Å². The highest BCUT2D eigenvalue weighted by Gasteiger charge is 2.24. The fourth-order valence-corrected chi connectivity index (χ4v) is 3.52. The third-order valence-electron chi connectivity index (χ3n) is 5.17. The summed E-state index contributed by atoms with van der Waals surface area (Å²) in [6.45, 7) is 1.86. The Morgan fingerprint density at radius 2 is 1.20 bits per heavy atom. The normalized spacial score (nSPS) is 11.9. The van der Waals surface area contributed by atoms with E-state index in [1.54, 1.807) is 12.1 Å². The van der Waals surface area contributed by atoms with Crippen molar-refractivity contribution in [3.8, 4) is 11.5 Å². The van der Waals surface area contributed by atoms with Crippen LogP contribution in [-0.2, 0) is 9.59 Å². The van der Waals surface area contributed by atoms with E-state index in [9.17, 15) is 9.59 Å². The minimum absolute atomic E-state index is 0.0384. The van der Waals surface area contributed by atoms with Gasteiger partial charge in [-0.3, -0.25) is 9.59 Å². The second kappa shape index (κ2) is 8.78. The van der Waals surface area contributed by atoms with Gasteiger partial charge in [-0.15, -0.1) is 0 Å². The molecule has 0 aliphatic heterocycles. The van der Waals surface area contributed by atoms with Gasteiger partial charge in [0.1, 0.15) is 11.5 Å². The molecule has 0 saturated carbocycles. The maximum atomic E-state index is 12.8. The number of esters is 2. The van der Waals surface area contributed by atoms with E-state index in [4.69, 9.17) is 9.47 Å². The van der Waals surface area contributed by atoms with E-state index in [2.05, 4.69) is 0 Å². The lowest BCUT2D eigenvalue weighted by Crippen LogP contribution is -2.24. The molecular formula is C26H22O4. The molecule has 0 spiro atoms. The Morgan fingerprint density at radius 1 is 0.700 bits per heavy atom. The predicted octanol–water partition coefficient (Wildman–Crippen LogP) is 5.92. The lowest BCUT2D eigenvalue weighted by atomic mass is 10.0. The van der Waals surface area contributed by atoms with E-state index in [0.717, 1.165) is 21.5 Å². The van der Waals surface area contributed by atoms with Crippen molar-refractivity contribution in [2.75, 3.05) is 0 Å². The topological polar surface area (TPSA) is 52.6 Å². The maximum Gasteiger partial charge on any atom is 0.314 e. The molecule has 4 rings (SSSR count). The fraction of sp³-hybridized carbons (Fsp3) is 0.154. The molecule has 1 unspecified atom stereocenters. The zero-order valence-electron chi connectivity index (χ0n) is 16.7. The molecule has 150 valence electrons. The second-order valence-electron chi connectivity index (χ2n) is 7.16. The molecule has 0 aliphatic rings. The average molecular weight is 398 g/mol. The molecule has 0 amide bonds. The smallest absolute Gasteiger partial charge is 0.314 e. The Kier molecular flexibility index (Phi) is 5.75. The standard InChI is InChI=1S/C26H22O4/c1-2-18(26(28)30-24-16-8-12-20-10-4-6-14-22(20)24)17-25(27)29-23-15-7-11-19-9-3-5-13-21(19)23/h3-16,18H,2,17H2,1H3. The van der Waals surface area contributed by atoms with Crippen LogP contribution in [0.1, 0.15) is 19.8 Å². The highest BCUT2D eigenvalue weighted by Crippen LogP contribution is 2.28. The molecular weight excluding hydrogens is 376 g/mol. The minimum Gasteiger partial charge on any atom is -0.426 e. The average Bonchev–Trinajstić information content (AvgIpc) is 2.78. The number of hydrogen-bond acceptors (Lipinski definition) is 4. The first kappa shape index (κ1) is 19.6. The molecule has 30 heavy (non-hydrogen) atoms. The third kappa shape index (κ3) is 4.18. The Hall–Kier alpha value is -3.66. The summed E-state index contributed by atoms with van der Waals surface area (Å²) >= 11 is 0. The molecule has 0 saturated heterocycles. The van der Waals surface area contributed by atoms with Crippen molar-refractivity contribution in [1.82, 2.24) is 0 Å². The van der Waals surface area contributed by atoms with Gasteiger partial charge < -0.3 is 9.47 Å². The van der Waals surface area contributed by atoms with Crippen molar-refractivity contribution in [2.24, 2.45) is 5.92 Å². The van der Waals surface area contributed by atoms with Gasteiger partial charge in [0, 0.05) is 10.8 Å². The maximum absolute atomic E-state index is 12.8. The molecule has 0 N–H and O–H groups in total. The van der Waals surface area contributed by atoms with Crippen molar-refractivity contribution in [2.45, 2.75) is 19.8 Å². The van der Waals surface area contributed by atoms with Crippen molar-refractivity contribution in [3.05, 3.63) is 84.9 Å². The minimum atomic E-state index is -0.577. The molecule has 0 fully saturated rings. The van der Waals surface area contributed by atoms with E-state index >= 15 is 0 Å². The number of carbonyl (C=O) groups excluding carboxylic acids is 2. The molecule has 4 nitrogen and oxygen atoms in total. The summed E-state index contributed by atoms with van der Waals surface area (Å²) in [5.74, 6) is -0.461. The summed E-state index contributed by atoms with van der Waals surface area (Å²) in [5.41, 5.74) is 0. The summed E-state index contributed by atoms with van der Waals surface area (Å²) in [4.78, 5) is 25.3.